The minimum Gasteiger partial charge on any atom is -0.309 e. The Morgan fingerprint density at radius 3 is 0.859 bits per heavy atom. The lowest BCUT2D eigenvalue weighted by Crippen LogP contribution is -2.11. The summed E-state index contributed by atoms with van der Waals surface area (Å²) in [6.45, 7) is 0. The predicted molar refractivity (Wildman–Crippen MR) is 263 cm³/mol. The predicted octanol–water partition coefficient (Wildman–Crippen LogP) is 13.9. The van der Waals surface area contributed by atoms with E-state index in [1.54, 1.807) is 0 Å². The Bertz CT molecular complexity index is 3870. The molecule has 0 N–H and O–H groups in total. The molecule has 9 aromatic carbocycles. The summed E-state index contributed by atoms with van der Waals surface area (Å²) in [4.78, 5) is 16.5. The fourth-order valence-corrected chi connectivity index (χ4v) is 10.4. The van der Waals surface area contributed by atoms with E-state index < -0.39 is 0 Å². The summed E-state index contributed by atoms with van der Waals surface area (Å²) >= 11 is 0. The molecule has 0 saturated heterocycles. The Labute approximate surface area is 366 Å². The van der Waals surface area contributed by atoms with E-state index in [0.29, 0.717) is 17.7 Å². The van der Waals surface area contributed by atoms with Crippen LogP contribution < -0.4 is 0 Å². The molecule has 0 spiro atoms. The normalized spacial score (nSPS) is 12.1. The average Bonchev–Trinajstić information content (AvgIpc) is 4.09. The van der Waals surface area contributed by atoms with Crippen molar-refractivity contribution in [3.8, 4) is 34.7 Å². The number of para-hydroxylation sites is 8. The maximum atomic E-state index is 5.55. The Morgan fingerprint density at radius 1 is 0.250 bits per heavy atom. The van der Waals surface area contributed by atoms with Crippen LogP contribution in [0, 0.1) is 0 Å². The zero-order valence-electron chi connectivity index (χ0n) is 34.3. The van der Waals surface area contributed by atoms with Crippen molar-refractivity contribution in [2.75, 3.05) is 0 Å². The van der Waals surface area contributed by atoms with Crippen molar-refractivity contribution >= 4 is 87.2 Å². The molecule has 0 unspecified atom stereocenters. The minimum atomic E-state index is 0.541. The topological polar surface area (TPSA) is 58.4 Å². The number of fused-ring (bicyclic) bond motifs is 12. The van der Waals surface area contributed by atoms with Gasteiger partial charge in [-0.15, -0.1) is 0 Å². The lowest BCUT2D eigenvalue weighted by Gasteiger charge is -2.18. The van der Waals surface area contributed by atoms with Gasteiger partial charge in [0.25, 0.3) is 0 Å². The van der Waals surface area contributed by atoms with E-state index in [1.807, 2.05) is 0 Å². The summed E-state index contributed by atoms with van der Waals surface area (Å²) in [7, 11) is 0. The molecule has 298 valence electrons. The van der Waals surface area contributed by atoms with Gasteiger partial charge in [0.1, 0.15) is 0 Å². The van der Waals surface area contributed by atoms with Crippen LogP contribution in [0.4, 0.5) is 0 Å². The zero-order chi connectivity index (χ0) is 41.9. The Balaban J connectivity index is 1.13. The highest BCUT2D eigenvalue weighted by atomic mass is 15.3. The molecule has 0 radical (unpaired) electrons. The van der Waals surface area contributed by atoms with Crippen LogP contribution in [0.5, 0.6) is 0 Å². The second-order valence-electron chi connectivity index (χ2n) is 16.4. The first-order valence-electron chi connectivity index (χ1n) is 21.6. The van der Waals surface area contributed by atoms with Crippen molar-refractivity contribution in [2.45, 2.75) is 0 Å². The van der Waals surface area contributed by atoms with Crippen molar-refractivity contribution in [1.82, 2.24) is 33.2 Å². The van der Waals surface area contributed by atoms with E-state index in [1.165, 1.54) is 21.5 Å². The van der Waals surface area contributed by atoms with Crippen molar-refractivity contribution in [2.24, 2.45) is 0 Å². The molecular weight excluding hydrogens is 783 g/mol. The molecule has 0 atom stereocenters. The SMILES string of the molecule is c1ccc2c(c1)c1ccccc1n2-c1ccc(-c2nc(-n3c4ccccc4c4ccccc43)nc(-n3c4ccccc4c4ccccc43)n2)c(-n2c3ccccc3c3ccccc32)c1. The highest BCUT2D eigenvalue weighted by Gasteiger charge is 2.24. The summed E-state index contributed by atoms with van der Waals surface area (Å²) in [5, 5.41) is 9.34. The molecule has 0 aliphatic carbocycles. The molecule has 0 amide bonds. The molecule has 0 saturated carbocycles. The quantitative estimate of drug-likeness (QED) is 0.174. The van der Waals surface area contributed by atoms with Crippen LogP contribution in [0.1, 0.15) is 0 Å². The summed E-state index contributed by atoms with van der Waals surface area (Å²) in [6.07, 6.45) is 0. The summed E-state index contributed by atoms with van der Waals surface area (Å²) < 4.78 is 9.16. The van der Waals surface area contributed by atoms with E-state index in [-0.39, 0.29) is 0 Å². The fourth-order valence-electron chi connectivity index (χ4n) is 10.4. The van der Waals surface area contributed by atoms with Crippen LogP contribution in [-0.4, -0.2) is 33.2 Å². The van der Waals surface area contributed by atoms with Crippen molar-refractivity contribution in [1.29, 1.82) is 0 Å². The lowest BCUT2D eigenvalue weighted by molar-refractivity contribution is 0.892. The first-order valence-corrected chi connectivity index (χ1v) is 21.6. The number of aromatic nitrogens is 7. The van der Waals surface area contributed by atoms with Gasteiger partial charge in [0.05, 0.1) is 49.8 Å². The standard InChI is InChI=1S/C57H35N7/c1-9-25-46-37(17-1)38-18-2-10-26-47(38)61(46)36-33-34-45(54(35-36)62-48-27-11-3-19-39(48)40-20-4-12-28-49(40)62)55-58-56(63-50-29-13-5-21-41(50)42-22-6-14-30-51(42)63)60-57(59-55)64-52-31-15-7-23-43(52)44-24-8-16-32-53(44)64/h1-35H. The smallest absolute Gasteiger partial charge is 0.240 e. The third kappa shape index (κ3) is 4.89. The highest BCUT2D eigenvalue weighted by molar-refractivity contribution is 6.12. The van der Waals surface area contributed by atoms with Gasteiger partial charge >= 0.3 is 0 Å². The average molecular weight is 818 g/mol. The van der Waals surface area contributed by atoms with Gasteiger partial charge in [-0.2, -0.15) is 15.0 Å². The van der Waals surface area contributed by atoms with E-state index in [9.17, 15) is 0 Å². The third-order valence-corrected chi connectivity index (χ3v) is 13.1. The Morgan fingerprint density at radius 2 is 0.531 bits per heavy atom. The van der Waals surface area contributed by atoms with Gasteiger partial charge < -0.3 is 9.13 Å². The largest absolute Gasteiger partial charge is 0.309 e. The molecule has 5 heterocycles. The zero-order valence-corrected chi connectivity index (χ0v) is 34.3. The van der Waals surface area contributed by atoms with Gasteiger partial charge in [0.15, 0.2) is 5.82 Å². The maximum absolute atomic E-state index is 5.55. The monoisotopic (exact) mass is 817 g/mol. The Hall–Kier alpha value is -8.81. The van der Waals surface area contributed by atoms with E-state index in [2.05, 4.69) is 231 Å². The molecule has 0 aliphatic rings. The summed E-state index contributed by atoms with van der Waals surface area (Å²) in [5.74, 6) is 1.65. The molecular formula is C57H35N7. The molecule has 64 heavy (non-hydrogen) atoms. The molecule has 5 aromatic heterocycles. The van der Waals surface area contributed by atoms with Gasteiger partial charge in [0.2, 0.25) is 11.9 Å². The number of benzene rings is 9. The van der Waals surface area contributed by atoms with Crippen molar-refractivity contribution < 1.29 is 0 Å². The first-order chi connectivity index (χ1) is 31.8. The lowest BCUT2D eigenvalue weighted by atomic mass is 10.1. The van der Waals surface area contributed by atoms with Crippen LogP contribution in [0.15, 0.2) is 212 Å². The van der Waals surface area contributed by atoms with Gasteiger partial charge in [-0.25, -0.2) is 0 Å². The second kappa shape index (κ2) is 13.3. The van der Waals surface area contributed by atoms with Crippen molar-refractivity contribution in [3.05, 3.63) is 212 Å². The molecule has 14 rings (SSSR count). The first kappa shape index (κ1) is 34.9. The van der Waals surface area contributed by atoms with E-state index in [4.69, 9.17) is 15.0 Å². The number of hydrogen-bond acceptors (Lipinski definition) is 3. The van der Waals surface area contributed by atoms with E-state index >= 15 is 0 Å². The second-order valence-corrected chi connectivity index (χ2v) is 16.4. The maximum Gasteiger partial charge on any atom is 0.240 e. The van der Waals surface area contributed by atoms with Gasteiger partial charge in [-0.3, -0.25) is 9.13 Å². The molecule has 0 aliphatic heterocycles. The molecule has 7 nitrogen and oxygen atoms in total. The molecule has 14 aromatic rings. The summed E-state index contributed by atoms with van der Waals surface area (Å²) in [5.41, 5.74) is 11.5. The third-order valence-electron chi connectivity index (χ3n) is 13.1. The van der Waals surface area contributed by atoms with Crippen LogP contribution in [0.2, 0.25) is 0 Å². The van der Waals surface area contributed by atoms with Gasteiger partial charge in [0, 0.05) is 54.3 Å². The van der Waals surface area contributed by atoms with Crippen LogP contribution in [0.25, 0.3) is 122 Å². The number of hydrogen-bond donors (Lipinski definition) is 0. The van der Waals surface area contributed by atoms with Crippen LogP contribution in [-0.2, 0) is 0 Å². The van der Waals surface area contributed by atoms with Crippen LogP contribution in [0.3, 0.4) is 0 Å². The molecule has 0 fully saturated rings. The van der Waals surface area contributed by atoms with Crippen molar-refractivity contribution in [3.63, 3.8) is 0 Å². The number of rotatable bonds is 5. The van der Waals surface area contributed by atoms with E-state index in [0.717, 1.165) is 82.6 Å². The minimum absolute atomic E-state index is 0.541. The fraction of sp³-hybridized carbons (Fsp3) is 0. The number of nitrogens with zero attached hydrogens (tertiary/aromatic N) is 7. The van der Waals surface area contributed by atoms with Gasteiger partial charge in [-0.1, -0.05) is 146 Å². The van der Waals surface area contributed by atoms with Gasteiger partial charge in [-0.05, 0) is 66.7 Å². The summed E-state index contributed by atoms with van der Waals surface area (Å²) in [6, 6.07) is 75.5. The Kier molecular flexibility index (Phi) is 7.27. The highest BCUT2D eigenvalue weighted by Crippen LogP contribution is 2.40. The molecule has 7 heteroatoms. The molecule has 0 bridgehead atoms. The van der Waals surface area contributed by atoms with Crippen LogP contribution >= 0.6 is 0 Å².